The minimum Gasteiger partial charge on any atom is -0.343 e. The van der Waals surface area contributed by atoms with Gasteiger partial charge in [0.2, 0.25) is 0 Å². The number of aryl methyl sites for hydroxylation is 2. The molecule has 0 saturated carbocycles. The van der Waals surface area contributed by atoms with Crippen LogP contribution in [0.25, 0.3) is 10.9 Å². The molecule has 0 saturated heterocycles. The van der Waals surface area contributed by atoms with E-state index in [9.17, 15) is 8.78 Å². The molecule has 1 aliphatic heterocycles. The Balaban J connectivity index is 1.62. The standard InChI is InChI=1S/C20H22F2N4/c1-20(21,22)19-4-3-14(11-24-19)6-10-26-17-7-9-25(2)13-16(17)15-5-8-23-12-18(15)26/h3-5,8,11-12H,6-7,9-10,13H2,1-2H3. The number of hydrogen-bond donors (Lipinski definition) is 0. The van der Waals surface area contributed by atoms with Crippen LogP contribution < -0.4 is 0 Å². The first kappa shape index (κ1) is 17.1. The lowest BCUT2D eigenvalue weighted by Gasteiger charge is -2.24. The lowest BCUT2D eigenvalue weighted by atomic mass is 10.1. The van der Waals surface area contributed by atoms with Crippen molar-refractivity contribution >= 4 is 10.9 Å². The highest BCUT2D eigenvalue weighted by Gasteiger charge is 2.26. The summed E-state index contributed by atoms with van der Waals surface area (Å²) in [5.41, 5.74) is 4.69. The largest absolute Gasteiger partial charge is 0.343 e. The molecule has 0 atom stereocenters. The number of pyridine rings is 2. The maximum atomic E-state index is 13.3. The summed E-state index contributed by atoms with van der Waals surface area (Å²) in [7, 11) is 2.14. The summed E-state index contributed by atoms with van der Waals surface area (Å²) < 4.78 is 29.0. The summed E-state index contributed by atoms with van der Waals surface area (Å²) in [5, 5.41) is 1.26. The Hall–Kier alpha value is -2.34. The van der Waals surface area contributed by atoms with E-state index in [1.165, 1.54) is 22.7 Å². The van der Waals surface area contributed by atoms with Gasteiger partial charge in [0.15, 0.2) is 0 Å². The van der Waals surface area contributed by atoms with Gasteiger partial charge in [0.05, 0.1) is 11.7 Å². The molecule has 0 unspecified atom stereocenters. The van der Waals surface area contributed by atoms with Crippen molar-refractivity contribution in [3.05, 3.63) is 59.3 Å². The summed E-state index contributed by atoms with van der Waals surface area (Å²) >= 11 is 0. The van der Waals surface area contributed by atoms with Crippen molar-refractivity contribution in [2.24, 2.45) is 0 Å². The number of alkyl halides is 2. The molecule has 0 aliphatic carbocycles. The lowest BCUT2D eigenvalue weighted by Crippen LogP contribution is -2.27. The second kappa shape index (κ2) is 6.43. The molecule has 0 amide bonds. The Morgan fingerprint density at radius 3 is 2.77 bits per heavy atom. The molecule has 4 rings (SSSR count). The highest BCUT2D eigenvalue weighted by atomic mass is 19.3. The van der Waals surface area contributed by atoms with Gasteiger partial charge in [-0.25, -0.2) is 0 Å². The van der Waals surface area contributed by atoms with Gasteiger partial charge in [-0.15, -0.1) is 0 Å². The number of aromatic nitrogens is 3. The van der Waals surface area contributed by atoms with Crippen LogP contribution in [0.5, 0.6) is 0 Å². The fourth-order valence-electron chi connectivity index (χ4n) is 3.76. The average Bonchev–Trinajstić information content (AvgIpc) is 2.93. The van der Waals surface area contributed by atoms with Crippen LogP contribution in [0.4, 0.5) is 8.78 Å². The van der Waals surface area contributed by atoms with E-state index in [0.717, 1.165) is 50.5 Å². The summed E-state index contributed by atoms with van der Waals surface area (Å²) in [4.78, 5) is 10.6. The number of likely N-dealkylation sites (N-methyl/N-ethyl adjacent to an activating group) is 1. The minimum atomic E-state index is -2.90. The van der Waals surface area contributed by atoms with Crippen LogP contribution in [0.3, 0.4) is 0 Å². The third kappa shape index (κ3) is 3.09. The van der Waals surface area contributed by atoms with E-state index < -0.39 is 5.92 Å². The molecule has 4 nitrogen and oxygen atoms in total. The fourth-order valence-corrected chi connectivity index (χ4v) is 3.76. The zero-order valence-corrected chi connectivity index (χ0v) is 15.0. The van der Waals surface area contributed by atoms with Crippen molar-refractivity contribution in [3.63, 3.8) is 0 Å². The van der Waals surface area contributed by atoms with Gasteiger partial charge >= 0.3 is 0 Å². The zero-order chi connectivity index (χ0) is 18.3. The zero-order valence-electron chi connectivity index (χ0n) is 15.0. The third-order valence-corrected chi connectivity index (χ3v) is 5.15. The van der Waals surface area contributed by atoms with Crippen LogP contribution in [0.2, 0.25) is 0 Å². The fraction of sp³-hybridized carbons (Fsp3) is 0.400. The van der Waals surface area contributed by atoms with Crippen molar-refractivity contribution in [1.82, 2.24) is 19.4 Å². The molecular weight excluding hydrogens is 334 g/mol. The highest BCUT2D eigenvalue weighted by Crippen LogP contribution is 2.30. The van der Waals surface area contributed by atoms with E-state index >= 15 is 0 Å². The molecule has 0 spiro atoms. The van der Waals surface area contributed by atoms with Gasteiger partial charge in [-0.2, -0.15) is 8.78 Å². The summed E-state index contributed by atoms with van der Waals surface area (Å²) in [5.74, 6) is -2.90. The monoisotopic (exact) mass is 356 g/mol. The van der Waals surface area contributed by atoms with Gasteiger partial charge in [0.25, 0.3) is 5.92 Å². The first-order valence-corrected chi connectivity index (χ1v) is 8.89. The average molecular weight is 356 g/mol. The molecule has 26 heavy (non-hydrogen) atoms. The van der Waals surface area contributed by atoms with E-state index in [4.69, 9.17) is 0 Å². The first-order chi connectivity index (χ1) is 12.4. The topological polar surface area (TPSA) is 34.0 Å². The second-order valence-corrected chi connectivity index (χ2v) is 7.15. The van der Waals surface area contributed by atoms with Crippen molar-refractivity contribution in [2.75, 3.05) is 13.6 Å². The smallest absolute Gasteiger partial charge is 0.286 e. The number of nitrogens with zero attached hydrogens (tertiary/aromatic N) is 4. The molecule has 6 heteroatoms. The van der Waals surface area contributed by atoms with Crippen LogP contribution in [0, 0.1) is 0 Å². The van der Waals surface area contributed by atoms with Gasteiger partial charge in [0.1, 0.15) is 5.69 Å². The molecule has 1 aliphatic rings. The Labute approximate surface area is 151 Å². The van der Waals surface area contributed by atoms with Crippen LogP contribution in [-0.2, 0) is 31.9 Å². The van der Waals surface area contributed by atoms with E-state index in [2.05, 4.69) is 32.5 Å². The normalized spacial score (nSPS) is 15.4. The van der Waals surface area contributed by atoms with Crippen molar-refractivity contribution < 1.29 is 8.78 Å². The maximum Gasteiger partial charge on any atom is 0.286 e. The second-order valence-electron chi connectivity index (χ2n) is 7.15. The van der Waals surface area contributed by atoms with Gasteiger partial charge in [-0.1, -0.05) is 6.07 Å². The molecule has 0 aromatic carbocycles. The molecular formula is C20H22F2N4. The predicted octanol–water partition coefficient (Wildman–Crippen LogP) is 3.77. The van der Waals surface area contributed by atoms with Gasteiger partial charge in [-0.05, 0) is 36.7 Å². The number of rotatable bonds is 4. The summed E-state index contributed by atoms with van der Waals surface area (Å²) in [6.07, 6.45) is 7.10. The first-order valence-electron chi connectivity index (χ1n) is 8.89. The number of fused-ring (bicyclic) bond motifs is 3. The highest BCUT2D eigenvalue weighted by molar-refractivity contribution is 5.85. The SMILES string of the molecule is CN1CCc2c(c3ccncc3n2CCc2ccc(C(C)(F)F)nc2)C1. The molecule has 0 N–H and O–H groups in total. The molecule has 3 aromatic heterocycles. The van der Waals surface area contributed by atoms with Crippen LogP contribution in [0.15, 0.2) is 36.8 Å². The summed E-state index contributed by atoms with van der Waals surface area (Å²) in [6.45, 7) is 3.66. The molecule has 136 valence electrons. The summed E-state index contributed by atoms with van der Waals surface area (Å²) in [6, 6.07) is 5.27. The van der Waals surface area contributed by atoms with Gasteiger partial charge in [-0.3, -0.25) is 9.97 Å². The van der Waals surface area contributed by atoms with Gasteiger partial charge < -0.3 is 9.47 Å². The van der Waals surface area contributed by atoms with Crippen molar-refractivity contribution in [2.45, 2.75) is 38.8 Å². The number of hydrogen-bond acceptors (Lipinski definition) is 3. The quantitative estimate of drug-likeness (QED) is 0.714. The Morgan fingerprint density at radius 1 is 1.19 bits per heavy atom. The Morgan fingerprint density at radius 2 is 2.04 bits per heavy atom. The lowest BCUT2D eigenvalue weighted by molar-refractivity contribution is 0.0127. The maximum absolute atomic E-state index is 13.3. The van der Waals surface area contributed by atoms with Crippen LogP contribution in [0.1, 0.15) is 29.4 Å². The molecule has 0 fully saturated rings. The van der Waals surface area contributed by atoms with Gasteiger partial charge in [0, 0.05) is 56.5 Å². The van der Waals surface area contributed by atoms with E-state index in [-0.39, 0.29) is 5.69 Å². The molecule has 0 bridgehead atoms. The number of halogens is 2. The third-order valence-electron chi connectivity index (χ3n) is 5.15. The van der Waals surface area contributed by atoms with E-state index in [0.29, 0.717) is 0 Å². The Kier molecular flexibility index (Phi) is 4.23. The molecule has 4 heterocycles. The van der Waals surface area contributed by atoms with Crippen molar-refractivity contribution in [3.8, 4) is 0 Å². The Bertz CT molecular complexity index is 925. The molecule has 0 radical (unpaired) electrons. The predicted molar refractivity (Wildman–Crippen MR) is 97.3 cm³/mol. The molecule has 3 aromatic rings. The van der Waals surface area contributed by atoms with Crippen LogP contribution in [-0.4, -0.2) is 33.0 Å². The van der Waals surface area contributed by atoms with E-state index in [1.54, 1.807) is 12.3 Å². The van der Waals surface area contributed by atoms with Crippen LogP contribution >= 0.6 is 0 Å². The van der Waals surface area contributed by atoms with Crippen molar-refractivity contribution in [1.29, 1.82) is 0 Å². The minimum absolute atomic E-state index is 0.183. The van der Waals surface area contributed by atoms with E-state index in [1.807, 2.05) is 12.4 Å².